The van der Waals surface area contributed by atoms with Gasteiger partial charge in [-0.3, -0.25) is 0 Å². The minimum absolute atomic E-state index is 0.925. The highest BCUT2D eigenvalue weighted by atomic mass is 35.7. The second kappa shape index (κ2) is 6.48. The van der Waals surface area contributed by atoms with Crippen molar-refractivity contribution >= 4 is 47.3 Å². The molecule has 0 aliphatic heterocycles. The molecule has 0 fully saturated rings. The molecule has 0 nitrogen and oxygen atoms in total. The highest BCUT2D eigenvalue weighted by molar-refractivity contribution is 7.51. The Morgan fingerprint density at radius 2 is 1.15 bits per heavy atom. The first kappa shape index (κ1) is 15.8. The maximum atomic E-state index is 6.68. The summed E-state index contributed by atoms with van der Waals surface area (Å²) in [6.45, 7) is 2.45. The molecule has 0 radical (unpaired) electrons. The van der Waals surface area contributed by atoms with Gasteiger partial charge in [0.15, 0.2) is 0 Å². The molecule has 106 valence electrons. The second-order valence-electron chi connectivity index (χ2n) is 5.82. The molecule has 0 amide bonds. The Morgan fingerprint density at radius 3 is 1.65 bits per heavy atom. The summed E-state index contributed by atoms with van der Waals surface area (Å²) >= 11 is 13.4. The maximum absolute atomic E-state index is 6.68. The largest absolute Gasteiger partial charge is 0.280 e. The van der Waals surface area contributed by atoms with Crippen LogP contribution in [0.4, 0.5) is 0 Å². The van der Waals surface area contributed by atoms with Gasteiger partial charge in [-0.05, 0) is 11.2 Å². The molecule has 0 aliphatic rings. The maximum Gasteiger partial charge on any atom is 0.280 e. The van der Waals surface area contributed by atoms with E-state index in [-0.39, 0.29) is 0 Å². The fraction of sp³-hybridized carbons (Fsp3) is 0.250. The number of halogens is 2. The van der Waals surface area contributed by atoms with Crippen molar-refractivity contribution in [2.75, 3.05) is 0 Å². The topological polar surface area (TPSA) is 0 Å². The molecule has 0 N–H and O–H groups in total. The van der Waals surface area contributed by atoms with Crippen molar-refractivity contribution in [1.29, 1.82) is 0 Å². The quantitative estimate of drug-likeness (QED) is 0.558. The average molecular weight is 339 g/mol. The molecule has 20 heavy (non-hydrogen) atoms. The lowest BCUT2D eigenvalue weighted by atomic mass is 10.4. The second-order valence-corrected chi connectivity index (χ2v) is 17.6. The van der Waals surface area contributed by atoms with Gasteiger partial charge in [0.1, 0.15) is 0 Å². The molecule has 0 aliphatic carbocycles. The van der Waals surface area contributed by atoms with Crippen molar-refractivity contribution < 1.29 is 0 Å². The highest BCUT2D eigenvalue weighted by Crippen LogP contribution is 2.26. The van der Waals surface area contributed by atoms with Gasteiger partial charge in [0.2, 0.25) is 0 Å². The Kier molecular flexibility index (Phi) is 5.13. The van der Waals surface area contributed by atoms with Crippen molar-refractivity contribution in [3.05, 3.63) is 60.7 Å². The number of hydrogen-bond acceptors (Lipinski definition) is 0. The molecule has 2 aromatic carbocycles. The van der Waals surface area contributed by atoms with Crippen LogP contribution < -0.4 is 10.4 Å². The van der Waals surface area contributed by atoms with Crippen LogP contribution in [0.2, 0.25) is 25.2 Å². The summed E-state index contributed by atoms with van der Waals surface area (Å²) in [6, 6.07) is 23.0. The van der Waals surface area contributed by atoms with Gasteiger partial charge in [0.05, 0.1) is 8.07 Å². The molecule has 0 bridgehead atoms. The Morgan fingerprint density at radius 1 is 0.700 bits per heavy atom. The van der Waals surface area contributed by atoms with Crippen molar-refractivity contribution in [2.24, 2.45) is 0 Å². The summed E-state index contributed by atoms with van der Waals surface area (Å²) in [7, 11) is -1.46. The minimum atomic E-state index is -2.34. The predicted octanol–water partition coefficient (Wildman–Crippen LogP) is 4.43. The van der Waals surface area contributed by atoms with Crippen molar-refractivity contribution in [3.63, 3.8) is 0 Å². The van der Waals surface area contributed by atoms with E-state index in [2.05, 4.69) is 55.6 Å². The summed E-state index contributed by atoms with van der Waals surface area (Å²) in [5.41, 5.74) is 0. The highest BCUT2D eigenvalue weighted by Gasteiger charge is 2.34. The predicted molar refractivity (Wildman–Crippen MR) is 96.7 cm³/mol. The average Bonchev–Trinajstić information content (AvgIpc) is 2.47. The van der Waals surface area contributed by atoms with Crippen LogP contribution in [0.3, 0.4) is 0 Å². The normalized spacial score (nSPS) is 12.4. The van der Waals surface area contributed by atoms with E-state index in [0.717, 1.165) is 17.3 Å². The molecule has 0 saturated carbocycles. The molecule has 0 atom stereocenters. The van der Waals surface area contributed by atoms with Gasteiger partial charge < -0.3 is 0 Å². The van der Waals surface area contributed by atoms with Crippen LogP contribution in [0.15, 0.2) is 60.7 Å². The first-order valence-electron chi connectivity index (χ1n) is 6.91. The van der Waals surface area contributed by atoms with Crippen LogP contribution in [0.1, 0.15) is 0 Å². The molecule has 2 aromatic rings. The van der Waals surface area contributed by atoms with E-state index in [1.807, 2.05) is 18.2 Å². The van der Waals surface area contributed by atoms with Crippen LogP contribution in [0.5, 0.6) is 0 Å². The lowest BCUT2D eigenvalue weighted by Gasteiger charge is -2.26. The van der Waals surface area contributed by atoms with Gasteiger partial charge in [0, 0.05) is 0 Å². The molecule has 0 heterocycles. The number of rotatable bonds is 5. The van der Waals surface area contributed by atoms with Gasteiger partial charge in [-0.15, -0.1) is 22.2 Å². The molecular weight excluding hydrogens is 319 g/mol. The fourth-order valence-electron chi connectivity index (χ4n) is 2.33. The monoisotopic (exact) mass is 338 g/mol. The standard InChI is InChI=1S/C16H20Cl2Si2/c1-19(2,15-9-5-3-6-10-15)13-14-20(17,18)16-11-7-4-8-12-16/h3-12H,13-14H2,1-2H3. The minimum Gasteiger partial charge on any atom is -0.140 e. The van der Waals surface area contributed by atoms with Crippen molar-refractivity contribution in [3.8, 4) is 0 Å². The van der Waals surface area contributed by atoms with Crippen LogP contribution >= 0.6 is 22.2 Å². The Labute approximate surface area is 133 Å². The fourth-order valence-corrected chi connectivity index (χ4v) is 10.9. The van der Waals surface area contributed by atoms with E-state index in [0.29, 0.717) is 0 Å². The van der Waals surface area contributed by atoms with Crippen LogP contribution in [-0.4, -0.2) is 14.8 Å². The number of benzene rings is 2. The third-order valence-corrected chi connectivity index (χ3v) is 12.2. The lowest BCUT2D eigenvalue weighted by molar-refractivity contribution is 1.34. The van der Waals surface area contributed by atoms with E-state index in [1.54, 1.807) is 0 Å². The summed E-state index contributed by atoms with van der Waals surface area (Å²) in [5, 5.41) is 2.60. The van der Waals surface area contributed by atoms with Crippen molar-refractivity contribution in [2.45, 2.75) is 25.2 Å². The van der Waals surface area contributed by atoms with Crippen LogP contribution in [-0.2, 0) is 0 Å². The first-order valence-corrected chi connectivity index (χ1v) is 14.3. The van der Waals surface area contributed by atoms with Gasteiger partial charge in [-0.25, -0.2) is 0 Å². The van der Waals surface area contributed by atoms with E-state index < -0.39 is 14.8 Å². The van der Waals surface area contributed by atoms with Gasteiger partial charge >= 0.3 is 0 Å². The number of hydrogen-bond donors (Lipinski definition) is 0. The zero-order valence-electron chi connectivity index (χ0n) is 11.9. The Bertz CT molecular complexity index is 487. The molecule has 0 spiro atoms. The first-order chi connectivity index (χ1) is 9.42. The van der Waals surface area contributed by atoms with E-state index >= 15 is 0 Å². The zero-order chi connectivity index (χ0) is 14.6. The van der Waals surface area contributed by atoms with E-state index in [1.165, 1.54) is 5.19 Å². The summed E-state index contributed by atoms with van der Waals surface area (Å²) in [6.07, 6.45) is 0. The molecule has 4 heteroatoms. The Balaban J connectivity index is 2.08. The molecule has 0 unspecified atom stereocenters. The third-order valence-electron chi connectivity index (χ3n) is 3.82. The zero-order valence-corrected chi connectivity index (χ0v) is 15.5. The Hall–Kier alpha value is -0.546. The van der Waals surface area contributed by atoms with Gasteiger partial charge in [0.25, 0.3) is 6.69 Å². The summed E-state index contributed by atoms with van der Waals surface area (Å²) in [4.78, 5) is 0. The molecule has 0 aromatic heterocycles. The lowest BCUT2D eigenvalue weighted by Crippen LogP contribution is -2.44. The van der Waals surface area contributed by atoms with Gasteiger partial charge in [-0.2, -0.15) is 0 Å². The third kappa shape index (κ3) is 3.98. The van der Waals surface area contributed by atoms with E-state index in [4.69, 9.17) is 22.2 Å². The molecular formula is C16H20Cl2Si2. The smallest absolute Gasteiger partial charge is 0.140 e. The SMILES string of the molecule is C[Si](C)(CC[Si](Cl)(Cl)c1ccccc1)c1ccccc1. The summed E-state index contributed by atoms with van der Waals surface area (Å²) in [5.74, 6) is 0. The molecule has 2 rings (SSSR count). The van der Waals surface area contributed by atoms with Gasteiger partial charge in [-0.1, -0.05) is 85.0 Å². The van der Waals surface area contributed by atoms with Crippen LogP contribution in [0, 0.1) is 0 Å². The summed E-state index contributed by atoms with van der Waals surface area (Å²) < 4.78 is 0. The van der Waals surface area contributed by atoms with E-state index in [9.17, 15) is 0 Å². The molecule has 0 saturated heterocycles. The van der Waals surface area contributed by atoms with Crippen molar-refractivity contribution in [1.82, 2.24) is 0 Å². The van der Waals surface area contributed by atoms with Crippen LogP contribution in [0.25, 0.3) is 0 Å².